The molecule has 0 amide bonds. The topological polar surface area (TPSA) is 78.3 Å². The number of benzene rings is 1. The van der Waals surface area contributed by atoms with E-state index in [0.29, 0.717) is 22.9 Å². The minimum atomic E-state index is -0.350. The fourth-order valence-electron chi connectivity index (χ4n) is 3.33. The third-order valence-electron chi connectivity index (χ3n) is 3.92. The summed E-state index contributed by atoms with van der Waals surface area (Å²) in [4.78, 5) is 12.2. The van der Waals surface area contributed by atoms with Gasteiger partial charge in [-0.25, -0.2) is 4.79 Å². The van der Waals surface area contributed by atoms with Gasteiger partial charge in [0.25, 0.3) is 0 Å². The molecular weight excluding hydrogens is 252 g/mol. The minimum absolute atomic E-state index is 0.0294. The van der Waals surface area contributed by atoms with Gasteiger partial charge < -0.3 is 16.2 Å². The van der Waals surface area contributed by atoms with Crippen LogP contribution in [0.3, 0.4) is 0 Å². The minimum Gasteiger partial charge on any atom is -0.459 e. The zero-order valence-corrected chi connectivity index (χ0v) is 12.5. The maximum Gasteiger partial charge on any atom is 0.340 e. The number of ether oxygens (including phenoxy) is 1. The van der Waals surface area contributed by atoms with Crippen molar-refractivity contribution in [3.8, 4) is 0 Å². The summed E-state index contributed by atoms with van der Waals surface area (Å²) in [6.45, 7) is 6.65. The van der Waals surface area contributed by atoms with Crippen LogP contribution in [0.25, 0.3) is 0 Å². The molecule has 1 aromatic carbocycles. The Hall–Kier alpha value is -1.71. The van der Waals surface area contributed by atoms with Crippen LogP contribution < -0.4 is 11.5 Å². The SMILES string of the molecule is CC1CC(OC(=O)c2ccc(N)cc2N)CC(C)(C)C1. The van der Waals surface area contributed by atoms with Gasteiger partial charge in [0, 0.05) is 11.4 Å². The largest absolute Gasteiger partial charge is 0.459 e. The van der Waals surface area contributed by atoms with Gasteiger partial charge in [-0.15, -0.1) is 0 Å². The van der Waals surface area contributed by atoms with Gasteiger partial charge in [0.05, 0.1) is 5.56 Å². The molecule has 1 aromatic rings. The summed E-state index contributed by atoms with van der Waals surface area (Å²) in [6, 6.07) is 4.88. The van der Waals surface area contributed by atoms with Crippen molar-refractivity contribution in [3.05, 3.63) is 23.8 Å². The first-order valence-electron chi connectivity index (χ1n) is 7.13. The maximum absolute atomic E-state index is 12.2. The molecule has 20 heavy (non-hydrogen) atoms. The fraction of sp³-hybridized carbons (Fsp3) is 0.562. The van der Waals surface area contributed by atoms with Crippen molar-refractivity contribution < 1.29 is 9.53 Å². The molecule has 4 N–H and O–H groups in total. The van der Waals surface area contributed by atoms with E-state index in [1.165, 1.54) is 6.42 Å². The molecule has 1 aliphatic rings. The quantitative estimate of drug-likeness (QED) is 0.642. The van der Waals surface area contributed by atoms with Gasteiger partial charge >= 0.3 is 5.97 Å². The van der Waals surface area contributed by atoms with Gasteiger partial charge in [0.15, 0.2) is 0 Å². The first-order valence-corrected chi connectivity index (χ1v) is 7.13. The van der Waals surface area contributed by atoms with E-state index in [1.54, 1.807) is 18.2 Å². The highest BCUT2D eigenvalue weighted by molar-refractivity contribution is 5.95. The Balaban J connectivity index is 2.07. The van der Waals surface area contributed by atoms with Crippen LogP contribution in [0, 0.1) is 11.3 Å². The van der Waals surface area contributed by atoms with E-state index < -0.39 is 0 Å². The van der Waals surface area contributed by atoms with E-state index in [4.69, 9.17) is 16.2 Å². The second-order valence-corrected chi connectivity index (χ2v) is 6.79. The Kier molecular flexibility index (Phi) is 3.93. The predicted octanol–water partition coefficient (Wildman–Crippen LogP) is 3.22. The number of hydrogen-bond donors (Lipinski definition) is 2. The number of nitrogen functional groups attached to an aromatic ring is 2. The molecule has 2 atom stereocenters. The van der Waals surface area contributed by atoms with Crippen LogP contribution in [0.1, 0.15) is 50.4 Å². The number of nitrogens with two attached hydrogens (primary N) is 2. The molecule has 0 radical (unpaired) electrons. The number of hydrogen-bond acceptors (Lipinski definition) is 4. The van der Waals surface area contributed by atoms with Gasteiger partial charge in [-0.3, -0.25) is 0 Å². The highest BCUT2D eigenvalue weighted by Crippen LogP contribution is 2.40. The third kappa shape index (κ3) is 3.44. The van der Waals surface area contributed by atoms with Gasteiger partial charge in [0.2, 0.25) is 0 Å². The molecule has 4 nitrogen and oxygen atoms in total. The number of esters is 1. The predicted molar refractivity (Wildman–Crippen MR) is 81.3 cm³/mol. The second-order valence-electron chi connectivity index (χ2n) is 6.79. The normalized spacial score (nSPS) is 25.1. The van der Waals surface area contributed by atoms with E-state index in [1.807, 2.05) is 0 Å². The highest BCUT2D eigenvalue weighted by Gasteiger charge is 2.34. The van der Waals surface area contributed by atoms with E-state index in [-0.39, 0.29) is 17.5 Å². The lowest BCUT2D eigenvalue weighted by molar-refractivity contribution is -0.00704. The third-order valence-corrected chi connectivity index (χ3v) is 3.92. The number of rotatable bonds is 2. The molecule has 2 unspecified atom stereocenters. The van der Waals surface area contributed by atoms with E-state index in [0.717, 1.165) is 12.8 Å². The molecule has 0 bridgehead atoms. The Morgan fingerprint density at radius 1 is 1.30 bits per heavy atom. The molecule has 0 aliphatic heterocycles. The molecule has 0 heterocycles. The Morgan fingerprint density at radius 2 is 2.00 bits per heavy atom. The molecule has 1 aliphatic carbocycles. The van der Waals surface area contributed by atoms with Crippen LogP contribution in [-0.4, -0.2) is 12.1 Å². The van der Waals surface area contributed by atoms with Gasteiger partial charge in [0.1, 0.15) is 6.10 Å². The summed E-state index contributed by atoms with van der Waals surface area (Å²) in [5.74, 6) is 0.220. The van der Waals surface area contributed by atoms with Crippen molar-refractivity contribution in [3.63, 3.8) is 0 Å². The van der Waals surface area contributed by atoms with Crippen molar-refractivity contribution in [2.75, 3.05) is 11.5 Å². The van der Waals surface area contributed by atoms with Crippen molar-refractivity contribution in [1.82, 2.24) is 0 Å². The molecule has 2 rings (SSSR count). The fourth-order valence-corrected chi connectivity index (χ4v) is 3.33. The zero-order chi connectivity index (χ0) is 14.9. The molecule has 0 spiro atoms. The van der Waals surface area contributed by atoms with Crippen LogP contribution in [0.4, 0.5) is 11.4 Å². The van der Waals surface area contributed by atoms with E-state index in [2.05, 4.69) is 20.8 Å². The summed E-state index contributed by atoms with van der Waals surface area (Å²) in [5.41, 5.74) is 13.0. The van der Waals surface area contributed by atoms with Gasteiger partial charge in [-0.05, 0) is 48.8 Å². The molecule has 0 saturated heterocycles. The van der Waals surface area contributed by atoms with E-state index >= 15 is 0 Å². The summed E-state index contributed by atoms with van der Waals surface area (Å²) in [5, 5.41) is 0. The first kappa shape index (κ1) is 14.7. The lowest BCUT2D eigenvalue weighted by atomic mass is 9.71. The van der Waals surface area contributed by atoms with Gasteiger partial charge in [-0.2, -0.15) is 0 Å². The van der Waals surface area contributed by atoms with Crippen LogP contribution in [0.2, 0.25) is 0 Å². The van der Waals surface area contributed by atoms with Crippen molar-refractivity contribution in [1.29, 1.82) is 0 Å². The summed E-state index contributed by atoms with van der Waals surface area (Å²) in [7, 11) is 0. The van der Waals surface area contributed by atoms with E-state index in [9.17, 15) is 4.79 Å². The van der Waals surface area contributed by atoms with Crippen LogP contribution in [0.5, 0.6) is 0 Å². The van der Waals surface area contributed by atoms with Gasteiger partial charge in [-0.1, -0.05) is 20.8 Å². The Labute approximate surface area is 120 Å². The van der Waals surface area contributed by atoms with Crippen molar-refractivity contribution in [2.24, 2.45) is 11.3 Å². The lowest BCUT2D eigenvalue weighted by Gasteiger charge is -2.38. The number of carbonyl (C=O) groups excluding carboxylic acids is 1. The molecule has 1 saturated carbocycles. The molecule has 1 fully saturated rings. The zero-order valence-electron chi connectivity index (χ0n) is 12.5. The number of carbonyl (C=O) groups is 1. The smallest absolute Gasteiger partial charge is 0.340 e. The molecule has 4 heteroatoms. The average Bonchev–Trinajstić information content (AvgIpc) is 2.25. The molecule has 110 valence electrons. The van der Waals surface area contributed by atoms with Crippen molar-refractivity contribution >= 4 is 17.3 Å². The standard InChI is InChI=1S/C16H24N2O2/c1-10-6-12(9-16(2,3)8-10)20-15(19)13-5-4-11(17)7-14(13)18/h4-5,7,10,12H,6,8-9,17-18H2,1-3H3. The summed E-state index contributed by atoms with van der Waals surface area (Å²) in [6.07, 6.45) is 2.96. The molecule has 0 aromatic heterocycles. The lowest BCUT2D eigenvalue weighted by Crippen LogP contribution is -2.34. The van der Waals surface area contributed by atoms with Crippen LogP contribution in [-0.2, 0) is 4.74 Å². The van der Waals surface area contributed by atoms with Crippen molar-refractivity contribution in [2.45, 2.75) is 46.1 Å². The van der Waals surface area contributed by atoms with Crippen LogP contribution in [0.15, 0.2) is 18.2 Å². The average molecular weight is 276 g/mol. The maximum atomic E-state index is 12.2. The summed E-state index contributed by atoms with van der Waals surface area (Å²) < 4.78 is 5.64. The Bertz CT molecular complexity index is 511. The highest BCUT2D eigenvalue weighted by atomic mass is 16.5. The monoisotopic (exact) mass is 276 g/mol. The van der Waals surface area contributed by atoms with Crippen LogP contribution >= 0.6 is 0 Å². The summed E-state index contributed by atoms with van der Waals surface area (Å²) >= 11 is 0. The molecular formula is C16H24N2O2. The first-order chi connectivity index (χ1) is 9.27. The Morgan fingerprint density at radius 3 is 2.60 bits per heavy atom. The second kappa shape index (κ2) is 5.35. The number of anilines is 2.